The number of rotatable bonds is 0. The molecule has 2 fully saturated rings. The minimum absolute atomic E-state index is 0.727. The van der Waals surface area contributed by atoms with Crippen LogP contribution in [-0.2, 0) is 0 Å². The lowest BCUT2D eigenvalue weighted by Crippen LogP contribution is -2.45. The summed E-state index contributed by atoms with van der Waals surface area (Å²) in [6.07, 6.45) is 10.3. The van der Waals surface area contributed by atoms with Gasteiger partial charge in [-0.2, -0.15) is 0 Å². The van der Waals surface area contributed by atoms with Crippen LogP contribution in [-0.4, -0.2) is 12.6 Å². The van der Waals surface area contributed by atoms with Gasteiger partial charge < -0.3 is 5.32 Å². The molecule has 1 saturated heterocycles. The molecule has 1 N–H and O–H groups in total. The summed E-state index contributed by atoms with van der Waals surface area (Å²) in [7, 11) is 0. The monoisotopic (exact) mass is 167 g/mol. The van der Waals surface area contributed by atoms with E-state index < -0.39 is 0 Å². The molecule has 70 valence electrons. The predicted octanol–water partition coefficient (Wildman–Crippen LogP) is 2.71. The zero-order chi connectivity index (χ0) is 8.44. The molecule has 1 spiro atoms. The average Bonchev–Trinajstić information content (AvgIpc) is 2.13. The second-order valence-electron chi connectivity index (χ2n) is 4.88. The number of hydrogen-bond donors (Lipinski definition) is 1. The molecule has 0 aromatic carbocycles. The highest BCUT2D eigenvalue weighted by atomic mass is 14.9. The van der Waals surface area contributed by atoms with Crippen LogP contribution >= 0.6 is 0 Å². The summed E-state index contributed by atoms with van der Waals surface area (Å²) in [5.74, 6) is 0. The van der Waals surface area contributed by atoms with Gasteiger partial charge in [-0.15, -0.1) is 0 Å². The Morgan fingerprint density at radius 2 is 1.83 bits per heavy atom. The van der Waals surface area contributed by atoms with E-state index in [4.69, 9.17) is 0 Å². The van der Waals surface area contributed by atoms with Crippen molar-refractivity contribution in [1.82, 2.24) is 5.32 Å². The Morgan fingerprint density at radius 1 is 1.08 bits per heavy atom. The van der Waals surface area contributed by atoms with Crippen molar-refractivity contribution in [2.45, 2.75) is 57.9 Å². The second-order valence-corrected chi connectivity index (χ2v) is 4.88. The molecule has 1 aliphatic heterocycles. The van der Waals surface area contributed by atoms with Gasteiger partial charge in [-0.05, 0) is 38.0 Å². The SMILES string of the molecule is C[C@H]1CCC2(CCCCC2)CN1. The molecule has 1 heteroatoms. The van der Waals surface area contributed by atoms with Gasteiger partial charge in [-0.1, -0.05) is 19.3 Å². The highest BCUT2D eigenvalue weighted by Crippen LogP contribution is 2.41. The molecule has 1 heterocycles. The third-order valence-corrected chi connectivity index (χ3v) is 3.85. The molecular weight excluding hydrogens is 146 g/mol. The fraction of sp³-hybridized carbons (Fsp3) is 1.00. The molecule has 1 saturated carbocycles. The van der Waals surface area contributed by atoms with E-state index in [9.17, 15) is 0 Å². The van der Waals surface area contributed by atoms with Crippen molar-refractivity contribution < 1.29 is 0 Å². The van der Waals surface area contributed by atoms with Gasteiger partial charge in [0.1, 0.15) is 0 Å². The quantitative estimate of drug-likeness (QED) is 0.585. The van der Waals surface area contributed by atoms with Crippen LogP contribution in [0.3, 0.4) is 0 Å². The topological polar surface area (TPSA) is 12.0 Å². The van der Waals surface area contributed by atoms with Gasteiger partial charge in [0.25, 0.3) is 0 Å². The molecule has 0 amide bonds. The summed E-state index contributed by atoms with van der Waals surface area (Å²) in [6, 6.07) is 0.776. The molecule has 0 unspecified atom stereocenters. The van der Waals surface area contributed by atoms with Gasteiger partial charge in [0.15, 0.2) is 0 Å². The molecule has 2 aliphatic rings. The van der Waals surface area contributed by atoms with Crippen LogP contribution in [0.1, 0.15) is 51.9 Å². The predicted molar refractivity (Wildman–Crippen MR) is 52.2 cm³/mol. The van der Waals surface area contributed by atoms with Gasteiger partial charge in [-0.25, -0.2) is 0 Å². The third kappa shape index (κ3) is 1.66. The summed E-state index contributed by atoms with van der Waals surface area (Å²) < 4.78 is 0. The number of piperidine rings is 1. The van der Waals surface area contributed by atoms with Crippen LogP contribution < -0.4 is 5.32 Å². The molecular formula is C11H21N. The Balaban J connectivity index is 1.92. The summed E-state index contributed by atoms with van der Waals surface area (Å²) in [4.78, 5) is 0. The van der Waals surface area contributed by atoms with E-state index in [0.29, 0.717) is 0 Å². The molecule has 0 radical (unpaired) electrons. The summed E-state index contributed by atoms with van der Waals surface area (Å²) in [6.45, 7) is 3.61. The lowest BCUT2D eigenvalue weighted by Gasteiger charge is -2.42. The first-order chi connectivity index (χ1) is 5.81. The molecule has 1 aliphatic carbocycles. The van der Waals surface area contributed by atoms with Crippen molar-refractivity contribution in [2.24, 2.45) is 5.41 Å². The molecule has 0 aromatic heterocycles. The highest BCUT2D eigenvalue weighted by molar-refractivity contribution is 4.89. The first kappa shape index (κ1) is 8.55. The van der Waals surface area contributed by atoms with E-state index in [-0.39, 0.29) is 0 Å². The van der Waals surface area contributed by atoms with E-state index in [1.165, 1.54) is 51.5 Å². The van der Waals surface area contributed by atoms with Crippen molar-refractivity contribution in [3.63, 3.8) is 0 Å². The fourth-order valence-corrected chi connectivity index (χ4v) is 2.83. The lowest BCUT2D eigenvalue weighted by atomic mass is 9.69. The molecule has 1 nitrogen and oxygen atoms in total. The summed E-state index contributed by atoms with van der Waals surface area (Å²) in [5.41, 5.74) is 0.727. The zero-order valence-corrected chi connectivity index (χ0v) is 8.23. The Morgan fingerprint density at radius 3 is 2.42 bits per heavy atom. The van der Waals surface area contributed by atoms with E-state index in [1.54, 1.807) is 0 Å². The van der Waals surface area contributed by atoms with Crippen LogP contribution in [0.15, 0.2) is 0 Å². The van der Waals surface area contributed by atoms with Crippen molar-refractivity contribution in [3.05, 3.63) is 0 Å². The Kier molecular flexibility index (Phi) is 2.40. The minimum Gasteiger partial charge on any atom is -0.314 e. The van der Waals surface area contributed by atoms with E-state index >= 15 is 0 Å². The van der Waals surface area contributed by atoms with Gasteiger partial charge in [0.2, 0.25) is 0 Å². The number of hydrogen-bond acceptors (Lipinski definition) is 1. The van der Waals surface area contributed by atoms with Crippen LogP contribution in [0.25, 0.3) is 0 Å². The largest absolute Gasteiger partial charge is 0.314 e. The second kappa shape index (κ2) is 3.37. The smallest absolute Gasteiger partial charge is 0.00391 e. The maximum absolute atomic E-state index is 3.64. The van der Waals surface area contributed by atoms with Crippen molar-refractivity contribution in [3.8, 4) is 0 Å². The van der Waals surface area contributed by atoms with Gasteiger partial charge in [0, 0.05) is 12.6 Å². The maximum Gasteiger partial charge on any atom is 0.00391 e. The standard InChI is InChI=1S/C11H21N/c1-10-5-8-11(9-12-10)6-3-2-4-7-11/h10,12H,2-9H2,1H3/t10-/m0/s1. The summed E-state index contributed by atoms with van der Waals surface area (Å²) in [5, 5.41) is 3.64. The summed E-state index contributed by atoms with van der Waals surface area (Å²) >= 11 is 0. The van der Waals surface area contributed by atoms with Crippen molar-refractivity contribution in [1.29, 1.82) is 0 Å². The molecule has 2 rings (SSSR count). The molecule has 0 aromatic rings. The van der Waals surface area contributed by atoms with Crippen molar-refractivity contribution >= 4 is 0 Å². The minimum atomic E-state index is 0.727. The van der Waals surface area contributed by atoms with Crippen LogP contribution in [0.4, 0.5) is 0 Å². The van der Waals surface area contributed by atoms with E-state index in [2.05, 4.69) is 12.2 Å². The zero-order valence-electron chi connectivity index (χ0n) is 8.23. The van der Waals surface area contributed by atoms with Crippen LogP contribution in [0.2, 0.25) is 0 Å². The Bertz CT molecular complexity index is 137. The van der Waals surface area contributed by atoms with Gasteiger partial charge in [0.05, 0.1) is 0 Å². The Hall–Kier alpha value is -0.0400. The van der Waals surface area contributed by atoms with Crippen molar-refractivity contribution in [2.75, 3.05) is 6.54 Å². The number of nitrogens with one attached hydrogen (secondary N) is 1. The van der Waals surface area contributed by atoms with Crippen LogP contribution in [0.5, 0.6) is 0 Å². The highest BCUT2D eigenvalue weighted by Gasteiger charge is 2.34. The fourth-order valence-electron chi connectivity index (χ4n) is 2.83. The van der Waals surface area contributed by atoms with E-state index in [1.807, 2.05) is 0 Å². The maximum atomic E-state index is 3.64. The average molecular weight is 167 g/mol. The lowest BCUT2D eigenvalue weighted by molar-refractivity contribution is 0.123. The molecule has 1 atom stereocenters. The Labute approximate surface area is 75.9 Å². The van der Waals surface area contributed by atoms with Gasteiger partial charge in [-0.3, -0.25) is 0 Å². The van der Waals surface area contributed by atoms with Crippen LogP contribution in [0, 0.1) is 5.41 Å². The first-order valence-corrected chi connectivity index (χ1v) is 5.54. The normalized spacial score (nSPS) is 35.2. The van der Waals surface area contributed by atoms with E-state index in [0.717, 1.165) is 11.5 Å². The first-order valence-electron chi connectivity index (χ1n) is 5.54. The third-order valence-electron chi connectivity index (χ3n) is 3.85. The molecule has 12 heavy (non-hydrogen) atoms. The molecule has 0 bridgehead atoms. The van der Waals surface area contributed by atoms with Gasteiger partial charge >= 0.3 is 0 Å².